The predicted molar refractivity (Wildman–Crippen MR) is 95.5 cm³/mol. The van der Waals surface area contributed by atoms with Gasteiger partial charge in [0.05, 0.1) is 10.9 Å². The van der Waals surface area contributed by atoms with Crippen molar-refractivity contribution in [1.29, 1.82) is 0 Å². The molecule has 0 radical (unpaired) electrons. The number of likely N-dealkylation sites (tertiary alicyclic amines) is 1. The van der Waals surface area contributed by atoms with E-state index in [0.717, 1.165) is 28.8 Å². The highest BCUT2D eigenvalue weighted by molar-refractivity contribution is 7.17. The summed E-state index contributed by atoms with van der Waals surface area (Å²) in [6.07, 6.45) is 2.40. The van der Waals surface area contributed by atoms with Gasteiger partial charge in [0.25, 0.3) is 0 Å². The molecule has 4 rings (SSSR count). The summed E-state index contributed by atoms with van der Waals surface area (Å²) in [5.74, 6) is 1.69. The lowest BCUT2D eigenvalue weighted by molar-refractivity contribution is 0.157. The Hall–Kier alpha value is -1.92. The summed E-state index contributed by atoms with van der Waals surface area (Å²) < 4.78 is 1.57. The van der Waals surface area contributed by atoms with Gasteiger partial charge in [-0.2, -0.15) is 4.52 Å². The smallest absolute Gasteiger partial charge is 0.230 e. The highest BCUT2D eigenvalue weighted by atomic mass is 32.1. The highest BCUT2D eigenvalue weighted by Gasteiger charge is 2.31. The minimum atomic E-state index is 0.0625. The largest absolute Gasteiger partial charge is 0.492 e. The second-order valence-electron chi connectivity index (χ2n) is 6.68. The number of piperidine rings is 1. The first kappa shape index (κ1) is 15.6. The number of nitrogens with zero attached hydrogens (tertiary/aromatic N) is 4. The van der Waals surface area contributed by atoms with E-state index in [1.165, 1.54) is 29.7 Å². The first-order valence-corrected chi connectivity index (χ1v) is 9.29. The zero-order chi connectivity index (χ0) is 16.7. The molecule has 6 heteroatoms. The first-order valence-electron chi connectivity index (χ1n) is 8.47. The number of benzene rings is 1. The molecule has 0 saturated carbocycles. The zero-order valence-electron chi connectivity index (χ0n) is 14.0. The van der Waals surface area contributed by atoms with E-state index in [1.54, 1.807) is 4.52 Å². The van der Waals surface area contributed by atoms with Crippen molar-refractivity contribution in [1.82, 2.24) is 19.5 Å². The number of aromatic nitrogens is 3. The number of fused-ring (bicyclic) bond motifs is 1. The van der Waals surface area contributed by atoms with Gasteiger partial charge in [0.2, 0.25) is 10.8 Å². The van der Waals surface area contributed by atoms with E-state index in [9.17, 15) is 5.11 Å². The van der Waals surface area contributed by atoms with E-state index in [0.29, 0.717) is 5.82 Å². The molecule has 1 aliphatic rings. The average Bonchev–Trinajstić information content (AvgIpc) is 3.09. The van der Waals surface area contributed by atoms with Gasteiger partial charge in [-0.15, -0.1) is 5.10 Å². The van der Waals surface area contributed by atoms with Gasteiger partial charge in [-0.05, 0) is 44.3 Å². The topological polar surface area (TPSA) is 53.7 Å². The van der Waals surface area contributed by atoms with Gasteiger partial charge in [0.1, 0.15) is 5.82 Å². The quantitative estimate of drug-likeness (QED) is 0.790. The van der Waals surface area contributed by atoms with Crippen LogP contribution >= 0.6 is 11.3 Å². The lowest BCUT2D eigenvalue weighted by atomic mass is 9.95. The van der Waals surface area contributed by atoms with Crippen molar-refractivity contribution >= 4 is 16.3 Å². The Labute approximate surface area is 145 Å². The SMILES string of the molecule is Cc1nc2sc([C@H](c3ccccc3)N3CCC(C)CC3)c(O)n2n1. The van der Waals surface area contributed by atoms with E-state index >= 15 is 0 Å². The summed E-state index contributed by atoms with van der Waals surface area (Å²) in [6.45, 7) is 6.26. The van der Waals surface area contributed by atoms with Gasteiger partial charge >= 0.3 is 0 Å². The summed E-state index contributed by atoms with van der Waals surface area (Å²) in [6, 6.07) is 10.5. The Morgan fingerprint density at radius 2 is 1.92 bits per heavy atom. The molecular weight excluding hydrogens is 320 g/mol. The van der Waals surface area contributed by atoms with E-state index in [4.69, 9.17) is 0 Å². The monoisotopic (exact) mass is 342 g/mol. The summed E-state index contributed by atoms with van der Waals surface area (Å²) >= 11 is 1.54. The van der Waals surface area contributed by atoms with E-state index < -0.39 is 0 Å². The van der Waals surface area contributed by atoms with Crippen LogP contribution in [-0.4, -0.2) is 37.7 Å². The van der Waals surface area contributed by atoms with Crippen LogP contribution in [0.3, 0.4) is 0 Å². The van der Waals surface area contributed by atoms with Crippen LogP contribution in [0.15, 0.2) is 30.3 Å². The third-order valence-corrected chi connectivity index (χ3v) is 5.93. The van der Waals surface area contributed by atoms with Crippen molar-refractivity contribution in [2.45, 2.75) is 32.7 Å². The molecule has 1 aromatic carbocycles. The van der Waals surface area contributed by atoms with Gasteiger partial charge in [0, 0.05) is 0 Å². The fourth-order valence-electron chi connectivity index (χ4n) is 3.48. The van der Waals surface area contributed by atoms with Crippen LogP contribution in [0.1, 0.15) is 42.1 Å². The van der Waals surface area contributed by atoms with Crippen molar-refractivity contribution < 1.29 is 5.11 Å². The predicted octanol–water partition coefficient (Wildman–Crippen LogP) is 3.63. The van der Waals surface area contributed by atoms with Crippen molar-refractivity contribution in [2.75, 3.05) is 13.1 Å². The molecule has 0 spiro atoms. The number of aromatic hydroxyl groups is 1. The molecule has 0 amide bonds. The molecule has 0 aliphatic carbocycles. The van der Waals surface area contributed by atoms with Crippen molar-refractivity contribution in [3.05, 3.63) is 46.6 Å². The molecule has 2 aromatic heterocycles. The molecule has 1 N–H and O–H groups in total. The maximum Gasteiger partial charge on any atom is 0.230 e. The van der Waals surface area contributed by atoms with Crippen molar-refractivity contribution in [2.24, 2.45) is 5.92 Å². The molecule has 0 bridgehead atoms. The van der Waals surface area contributed by atoms with Crippen LogP contribution in [0, 0.1) is 12.8 Å². The van der Waals surface area contributed by atoms with Crippen LogP contribution < -0.4 is 0 Å². The summed E-state index contributed by atoms with van der Waals surface area (Å²) in [5.41, 5.74) is 1.21. The van der Waals surface area contributed by atoms with Gasteiger partial charge in [-0.1, -0.05) is 48.6 Å². The minimum absolute atomic E-state index is 0.0625. The van der Waals surface area contributed by atoms with E-state index in [2.05, 4.69) is 46.2 Å². The number of hydrogen-bond acceptors (Lipinski definition) is 5. The Balaban J connectivity index is 1.79. The Kier molecular flexibility index (Phi) is 4.02. The molecule has 24 heavy (non-hydrogen) atoms. The van der Waals surface area contributed by atoms with Crippen molar-refractivity contribution in [3.63, 3.8) is 0 Å². The third-order valence-electron chi connectivity index (χ3n) is 4.85. The fourth-order valence-corrected chi connectivity index (χ4v) is 4.64. The van der Waals surface area contributed by atoms with Crippen LogP contribution in [0.25, 0.3) is 4.96 Å². The number of thiazole rings is 1. The molecule has 0 unspecified atom stereocenters. The number of rotatable bonds is 3. The lowest BCUT2D eigenvalue weighted by Crippen LogP contribution is -2.36. The molecule has 1 aliphatic heterocycles. The zero-order valence-corrected chi connectivity index (χ0v) is 14.8. The van der Waals surface area contributed by atoms with Crippen LogP contribution in [0.5, 0.6) is 5.88 Å². The van der Waals surface area contributed by atoms with Gasteiger partial charge < -0.3 is 5.11 Å². The standard InChI is InChI=1S/C18H22N4OS/c1-12-8-10-21(11-9-12)15(14-6-4-3-5-7-14)16-17(23)22-18(24-16)19-13(2)20-22/h3-7,12,15,23H,8-11H2,1-2H3/t15-/m0/s1. The molecular formula is C18H22N4OS. The first-order chi connectivity index (χ1) is 11.6. The second kappa shape index (κ2) is 6.18. The van der Waals surface area contributed by atoms with E-state index in [1.807, 2.05) is 13.0 Å². The third kappa shape index (κ3) is 2.70. The Morgan fingerprint density at radius 1 is 1.21 bits per heavy atom. The van der Waals surface area contributed by atoms with Crippen LogP contribution in [0.2, 0.25) is 0 Å². The van der Waals surface area contributed by atoms with Crippen LogP contribution in [-0.2, 0) is 0 Å². The van der Waals surface area contributed by atoms with Gasteiger partial charge in [-0.25, -0.2) is 4.98 Å². The second-order valence-corrected chi connectivity index (χ2v) is 7.68. The minimum Gasteiger partial charge on any atom is -0.492 e. The van der Waals surface area contributed by atoms with Crippen LogP contribution in [0.4, 0.5) is 0 Å². The molecule has 1 fully saturated rings. The highest BCUT2D eigenvalue weighted by Crippen LogP contribution is 2.41. The molecule has 5 nitrogen and oxygen atoms in total. The molecule has 1 atom stereocenters. The Morgan fingerprint density at radius 3 is 2.58 bits per heavy atom. The summed E-state index contributed by atoms with van der Waals surface area (Å²) in [7, 11) is 0. The van der Waals surface area contributed by atoms with Crippen molar-refractivity contribution in [3.8, 4) is 5.88 Å². The Bertz CT molecular complexity index is 833. The normalized spacial score (nSPS) is 18.2. The number of aryl methyl sites for hydroxylation is 1. The maximum absolute atomic E-state index is 10.8. The molecule has 126 valence electrons. The molecule has 3 aromatic rings. The fraction of sp³-hybridized carbons (Fsp3) is 0.444. The van der Waals surface area contributed by atoms with E-state index in [-0.39, 0.29) is 11.9 Å². The molecule has 3 heterocycles. The molecule has 1 saturated heterocycles. The summed E-state index contributed by atoms with van der Waals surface area (Å²) in [5, 5.41) is 15.1. The average molecular weight is 342 g/mol. The van der Waals surface area contributed by atoms with Gasteiger partial charge in [-0.3, -0.25) is 4.90 Å². The summed E-state index contributed by atoms with van der Waals surface area (Å²) in [4.78, 5) is 8.59. The number of hydrogen-bond donors (Lipinski definition) is 1. The van der Waals surface area contributed by atoms with Gasteiger partial charge in [0.15, 0.2) is 0 Å². The maximum atomic E-state index is 10.8. The lowest BCUT2D eigenvalue weighted by Gasteiger charge is -2.36.